The van der Waals surface area contributed by atoms with Crippen LogP contribution in [0.5, 0.6) is 0 Å². The fourth-order valence-corrected chi connectivity index (χ4v) is 3.34. The van der Waals surface area contributed by atoms with E-state index in [0.717, 1.165) is 45.3 Å². The smallest absolute Gasteiger partial charge is 0.167 e. The highest BCUT2D eigenvalue weighted by Crippen LogP contribution is 2.38. The van der Waals surface area contributed by atoms with Crippen molar-refractivity contribution in [1.29, 1.82) is 0 Å². The van der Waals surface area contributed by atoms with Gasteiger partial charge in [0.2, 0.25) is 0 Å². The highest BCUT2D eigenvalue weighted by atomic mass is 16.5. The molecule has 0 radical (unpaired) electrons. The predicted molar refractivity (Wildman–Crippen MR) is 65.9 cm³/mol. The fraction of sp³-hybridized carbons (Fsp3) is 0.929. The van der Waals surface area contributed by atoms with Gasteiger partial charge in [-0.3, -0.25) is 4.79 Å². The van der Waals surface area contributed by atoms with E-state index in [9.17, 15) is 4.79 Å². The number of carbonyl (C=O) groups is 1. The third-order valence-electron chi connectivity index (χ3n) is 4.39. The minimum Gasteiger partial charge on any atom is -0.381 e. The van der Waals surface area contributed by atoms with Gasteiger partial charge in [-0.2, -0.15) is 0 Å². The Morgan fingerprint density at radius 3 is 2.59 bits per heavy atom. The Balaban J connectivity index is 2.07. The van der Waals surface area contributed by atoms with Crippen LogP contribution in [0.2, 0.25) is 0 Å². The van der Waals surface area contributed by atoms with E-state index in [1.54, 1.807) is 7.11 Å². The predicted octanol–water partition coefficient (Wildman–Crippen LogP) is 2.58. The first-order valence-electron chi connectivity index (χ1n) is 6.85. The summed E-state index contributed by atoms with van der Waals surface area (Å²) in [6, 6.07) is 0. The summed E-state index contributed by atoms with van der Waals surface area (Å²) in [5, 5.41) is 0. The molecular weight excluding hydrogens is 216 g/mol. The van der Waals surface area contributed by atoms with E-state index in [1.165, 1.54) is 6.42 Å². The third-order valence-corrected chi connectivity index (χ3v) is 4.39. The van der Waals surface area contributed by atoms with Gasteiger partial charge in [0.05, 0.1) is 0 Å². The van der Waals surface area contributed by atoms with E-state index in [0.29, 0.717) is 11.7 Å². The van der Waals surface area contributed by atoms with Crippen LogP contribution in [-0.2, 0) is 14.3 Å². The lowest BCUT2D eigenvalue weighted by Crippen LogP contribution is -2.48. The number of carbonyl (C=O) groups excluding carboxylic acids is 1. The first-order chi connectivity index (χ1) is 8.18. The van der Waals surface area contributed by atoms with Crippen molar-refractivity contribution in [2.75, 3.05) is 20.3 Å². The third kappa shape index (κ3) is 2.71. The Morgan fingerprint density at radius 2 is 2.00 bits per heavy atom. The van der Waals surface area contributed by atoms with Crippen molar-refractivity contribution in [3.05, 3.63) is 0 Å². The van der Waals surface area contributed by atoms with E-state index in [4.69, 9.17) is 9.47 Å². The quantitative estimate of drug-likeness (QED) is 0.760. The minimum atomic E-state index is -0.486. The number of Topliss-reactive ketones (excluding diaryl/α,β-unsaturated/α-hetero) is 1. The SMILES string of the molecule is COC1(C(=O)C2CCOCC2)CCCC(C)C1. The van der Waals surface area contributed by atoms with Crippen LogP contribution in [0.1, 0.15) is 45.4 Å². The van der Waals surface area contributed by atoms with Gasteiger partial charge in [0.1, 0.15) is 5.60 Å². The molecule has 0 aromatic carbocycles. The van der Waals surface area contributed by atoms with Crippen molar-refractivity contribution in [3.63, 3.8) is 0 Å². The van der Waals surface area contributed by atoms with Crippen molar-refractivity contribution < 1.29 is 14.3 Å². The topological polar surface area (TPSA) is 35.5 Å². The van der Waals surface area contributed by atoms with Gasteiger partial charge < -0.3 is 9.47 Å². The number of ether oxygens (including phenoxy) is 2. The number of methoxy groups -OCH3 is 1. The zero-order chi connectivity index (χ0) is 12.3. The summed E-state index contributed by atoms with van der Waals surface area (Å²) in [7, 11) is 1.70. The molecule has 0 amide bonds. The zero-order valence-electron chi connectivity index (χ0n) is 11.0. The summed E-state index contributed by atoms with van der Waals surface area (Å²) < 4.78 is 11.0. The molecule has 2 aliphatic rings. The second kappa shape index (κ2) is 5.49. The number of hydrogen-bond donors (Lipinski definition) is 0. The second-order valence-corrected chi connectivity index (χ2v) is 5.65. The van der Waals surface area contributed by atoms with Crippen LogP contribution < -0.4 is 0 Å². The van der Waals surface area contributed by atoms with Crippen LogP contribution in [0.15, 0.2) is 0 Å². The lowest BCUT2D eigenvalue weighted by molar-refractivity contribution is -0.154. The van der Waals surface area contributed by atoms with Gasteiger partial charge in [0, 0.05) is 26.2 Å². The van der Waals surface area contributed by atoms with Crippen LogP contribution in [-0.4, -0.2) is 31.7 Å². The summed E-state index contributed by atoms with van der Waals surface area (Å²) in [5.74, 6) is 1.11. The molecule has 3 nitrogen and oxygen atoms in total. The van der Waals surface area contributed by atoms with Crippen molar-refractivity contribution in [2.24, 2.45) is 11.8 Å². The summed E-state index contributed by atoms with van der Waals surface area (Å²) >= 11 is 0. The molecule has 1 heterocycles. The van der Waals surface area contributed by atoms with E-state index < -0.39 is 5.60 Å². The van der Waals surface area contributed by atoms with E-state index in [2.05, 4.69) is 6.92 Å². The fourth-order valence-electron chi connectivity index (χ4n) is 3.34. The molecule has 1 saturated heterocycles. The summed E-state index contributed by atoms with van der Waals surface area (Å²) in [5.41, 5.74) is -0.486. The standard InChI is InChI=1S/C14H24O3/c1-11-4-3-7-14(10-11,16-2)13(15)12-5-8-17-9-6-12/h11-12H,3-10H2,1-2H3. The van der Waals surface area contributed by atoms with E-state index in [-0.39, 0.29) is 5.92 Å². The van der Waals surface area contributed by atoms with Gasteiger partial charge in [-0.15, -0.1) is 0 Å². The molecule has 17 heavy (non-hydrogen) atoms. The molecule has 2 fully saturated rings. The van der Waals surface area contributed by atoms with Gasteiger partial charge in [-0.25, -0.2) is 0 Å². The van der Waals surface area contributed by atoms with Gasteiger partial charge in [-0.05, 0) is 38.0 Å². The van der Waals surface area contributed by atoms with Gasteiger partial charge >= 0.3 is 0 Å². The number of hydrogen-bond acceptors (Lipinski definition) is 3. The molecule has 2 atom stereocenters. The van der Waals surface area contributed by atoms with Crippen LogP contribution >= 0.6 is 0 Å². The molecule has 1 saturated carbocycles. The van der Waals surface area contributed by atoms with Crippen LogP contribution in [0.25, 0.3) is 0 Å². The largest absolute Gasteiger partial charge is 0.381 e. The zero-order valence-corrected chi connectivity index (χ0v) is 11.0. The number of rotatable bonds is 3. The number of ketones is 1. The van der Waals surface area contributed by atoms with Crippen LogP contribution in [0.3, 0.4) is 0 Å². The first kappa shape index (κ1) is 13.0. The molecule has 1 aliphatic carbocycles. The molecule has 3 heteroatoms. The Labute approximate surface area is 104 Å². The van der Waals surface area contributed by atoms with Crippen molar-refractivity contribution in [3.8, 4) is 0 Å². The van der Waals surface area contributed by atoms with Crippen LogP contribution in [0, 0.1) is 11.8 Å². The molecule has 0 spiro atoms. The summed E-state index contributed by atoms with van der Waals surface area (Å²) in [6.07, 6.45) is 5.90. The average Bonchev–Trinajstić information content (AvgIpc) is 2.38. The molecule has 2 unspecified atom stereocenters. The van der Waals surface area contributed by atoms with Crippen molar-refractivity contribution in [1.82, 2.24) is 0 Å². The Kier molecular flexibility index (Phi) is 4.21. The molecular formula is C14H24O3. The van der Waals surface area contributed by atoms with Gasteiger partial charge in [0.25, 0.3) is 0 Å². The first-order valence-corrected chi connectivity index (χ1v) is 6.85. The maximum atomic E-state index is 12.7. The van der Waals surface area contributed by atoms with Gasteiger partial charge in [0.15, 0.2) is 5.78 Å². The molecule has 2 rings (SSSR count). The lowest BCUT2D eigenvalue weighted by Gasteiger charge is -2.40. The maximum absolute atomic E-state index is 12.7. The second-order valence-electron chi connectivity index (χ2n) is 5.65. The Morgan fingerprint density at radius 1 is 1.29 bits per heavy atom. The molecule has 1 aliphatic heterocycles. The van der Waals surface area contributed by atoms with Gasteiger partial charge in [-0.1, -0.05) is 13.3 Å². The van der Waals surface area contributed by atoms with E-state index in [1.807, 2.05) is 0 Å². The minimum absolute atomic E-state index is 0.161. The van der Waals surface area contributed by atoms with Crippen molar-refractivity contribution in [2.45, 2.75) is 51.0 Å². The lowest BCUT2D eigenvalue weighted by atomic mass is 9.72. The Hall–Kier alpha value is -0.410. The highest BCUT2D eigenvalue weighted by molar-refractivity contribution is 5.89. The monoisotopic (exact) mass is 240 g/mol. The molecule has 98 valence electrons. The molecule has 0 aromatic heterocycles. The average molecular weight is 240 g/mol. The molecule has 0 aromatic rings. The van der Waals surface area contributed by atoms with Crippen molar-refractivity contribution >= 4 is 5.78 Å². The molecule has 0 N–H and O–H groups in total. The highest BCUT2D eigenvalue weighted by Gasteiger charge is 2.44. The van der Waals surface area contributed by atoms with E-state index >= 15 is 0 Å². The summed E-state index contributed by atoms with van der Waals surface area (Å²) in [4.78, 5) is 12.7. The normalized spacial score (nSPS) is 35.8. The summed E-state index contributed by atoms with van der Waals surface area (Å²) in [6.45, 7) is 3.68. The molecule has 0 bridgehead atoms. The Bertz CT molecular complexity index is 271. The van der Waals surface area contributed by atoms with Crippen LogP contribution in [0.4, 0.5) is 0 Å². The maximum Gasteiger partial charge on any atom is 0.167 e.